The Morgan fingerprint density at radius 1 is 1.56 bits per heavy atom. The molecule has 1 unspecified atom stereocenters. The molecule has 6 heteroatoms. The van der Waals surface area contributed by atoms with E-state index in [2.05, 4.69) is 0 Å². The van der Waals surface area contributed by atoms with Crippen molar-refractivity contribution in [1.82, 2.24) is 0 Å². The van der Waals surface area contributed by atoms with Gasteiger partial charge in [0.1, 0.15) is 0 Å². The van der Waals surface area contributed by atoms with Crippen molar-refractivity contribution in [3.05, 3.63) is 33.9 Å². The second kappa shape index (κ2) is 6.39. The number of thioether (sulfide) groups is 1. The summed E-state index contributed by atoms with van der Waals surface area (Å²) in [6.07, 6.45) is 2.67. The first kappa shape index (κ1) is 14.5. The molecule has 18 heavy (non-hydrogen) atoms. The van der Waals surface area contributed by atoms with Crippen LogP contribution in [-0.4, -0.2) is 36.3 Å². The molecular weight excluding hydrogens is 252 g/mol. The van der Waals surface area contributed by atoms with Crippen molar-refractivity contribution in [1.29, 1.82) is 0 Å². The molecule has 0 radical (unpaired) electrons. The van der Waals surface area contributed by atoms with E-state index in [0.717, 1.165) is 11.4 Å². The lowest BCUT2D eigenvalue weighted by molar-refractivity contribution is -0.384. The number of carbonyl (C=O) groups is 1. The summed E-state index contributed by atoms with van der Waals surface area (Å²) in [6, 6.07) is 4.61. The molecule has 0 saturated heterocycles. The van der Waals surface area contributed by atoms with E-state index in [4.69, 9.17) is 0 Å². The van der Waals surface area contributed by atoms with Gasteiger partial charge in [-0.3, -0.25) is 14.9 Å². The average molecular weight is 268 g/mol. The number of aldehydes is 1. The fraction of sp³-hybridized carbons (Fsp3) is 0.417. The van der Waals surface area contributed by atoms with E-state index in [1.54, 1.807) is 17.8 Å². The molecule has 98 valence electrons. The molecule has 0 fully saturated rings. The minimum atomic E-state index is -0.498. The second-order valence-corrected chi connectivity index (χ2v) is 4.94. The molecule has 0 N–H and O–H groups in total. The molecule has 0 aliphatic rings. The first-order valence-corrected chi connectivity index (χ1v) is 6.86. The van der Waals surface area contributed by atoms with Crippen molar-refractivity contribution in [2.24, 2.45) is 0 Å². The third-order valence-electron chi connectivity index (χ3n) is 2.80. The van der Waals surface area contributed by atoms with Gasteiger partial charge in [-0.2, -0.15) is 11.8 Å². The summed E-state index contributed by atoms with van der Waals surface area (Å²) >= 11 is 1.72. The monoisotopic (exact) mass is 268 g/mol. The highest BCUT2D eigenvalue weighted by molar-refractivity contribution is 7.98. The van der Waals surface area contributed by atoms with Crippen LogP contribution < -0.4 is 4.90 Å². The number of rotatable bonds is 6. The standard InChI is InChI=1S/C12H16N2O3S/c1-9(8-18-3)13(2)12-5-4-11(14(16)17)6-10(12)7-15/h4-7,9H,8H2,1-3H3. The Morgan fingerprint density at radius 2 is 2.22 bits per heavy atom. The van der Waals surface area contributed by atoms with Crippen molar-refractivity contribution < 1.29 is 9.72 Å². The number of benzene rings is 1. The molecule has 1 atom stereocenters. The van der Waals surface area contributed by atoms with Gasteiger partial charge in [0.25, 0.3) is 5.69 Å². The minimum Gasteiger partial charge on any atom is -0.370 e. The highest BCUT2D eigenvalue weighted by Crippen LogP contribution is 2.25. The van der Waals surface area contributed by atoms with E-state index in [9.17, 15) is 14.9 Å². The van der Waals surface area contributed by atoms with E-state index < -0.39 is 4.92 Å². The van der Waals surface area contributed by atoms with Crippen molar-refractivity contribution in [3.8, 4) is 0 Å². The molecular formula is C12H16N2O3S. The SMILES string of the molecule is CSCC(C)N(C)c1ccc([N+](=O)[O-])cc1C=O. The lowest BCUT2D eigenvalue weighted by Gasteiger charge is -2.27. The average Bonchev–Trinajstić information content (AvgIpc) is 2.37. The molecule has 0 saturated carbocycles. The number of non-ortho nitro benzene ring substituents is 1. The van der Waals surface area contributed by atoms with Crippen LogP contribution >= 0.6 is 11.8 Å². The Morgan fingerprint density at radius 3 is 2.72 bits per heavy atom. The van der Waals surface area contributed by atoms with Gasteiger partial charge in [0.2, 0.25) is 0 Å². The van der Waals surface area contributed by atoms with Gasteiger partial charge in [0.15, 0.2) is 6.29 Å². The fourth-order valence-electron chi connectivity index (χ4n) is 1.66. The first-order valence-electron chi connectivity index (χ1n) is 5.46. The zero-order valence-electron chi connectivity index (χ0n) is 10.6. The van der Waals surface area contributed by atoms with E-state index >= 15 is 0 Å². The third kappa shape index (κ3) is 3.22. The van der Waals surface area contributed by atoms with Crippen molar-refractivity contribution >= 4 is 29.4 Å². The molecule has 1 aromatic carbocycles. The van der Waals surface area contributed by atoms with Crippen molar-refractivity contribution in [2.45, 2.75) is 13.0 Å². The van der Waals surface area contributed by atoms with Crippen LogP contribution in [0.4, 0.5) is 11.4 Å². The normalized spacial score (nSPS) is 11.9. The first-order chi connectivity index (χ1) is 8.51. The van der Waals surface area contributed by atoms with Crippen molar-refractivity contribution in [3.63, 3.8) is 0 Å². The maximum Gasteiger partial charge on any atom is 0.270 e. The van der Waals surface area contributed by atoms with E-state index in [1.165, 1.54) is 12.1 Å². The predicted octanol–water partition coefficient (Wildman–Crippen LogP) is 2.60. The summed E-state index contributed by atoms with van der Waals surface area (Å²) in [5.41, 5.74) is 1.00. The Kier molecular flexibility index (Phi) is 5.15. The summed E-state index contributed by atoms with van der Waals surface area (Å²) in [5, 5.41) is 10.7. The molecule has 5 nitrogen and oxygen atoms in total. The Labute approximate surface area is 110 Å². The molecule has 1 rings (SSSR count). The zero-order chi connectivity index (χ0) is 13.7. The Bertz CT molecular complexity index is 451. The topological polar surface area (TPSA) is 63.4 Å². The Balaban J connectivity index is 3.08. The molecule has 1 aromatic rings. The molecule has 0 aromatic heterocycles. The zero-order valence-corrected chi connectivity index (χ0v) is 11.4. The summed E-state index contributed by atoms with van der Waals surface area (Å²) in [5.74, 6) is 0.922. The van der Waals surface area contributed by atoms with Crippen LogP contribution in [0.2, 0.25) is 0 Å². The second-order valence-electron chi connectivity index (χ2n) is 4.03. The van der Waals surface area contributed by atoms with E-state index in [1.807, 2.05) is 25.1 Å². The van der Waals surface area contributed by atoms with Crippen LogP contribution in [0.15, 0.2) is 18.2 Å². The molecule has 0 amide bonds. The van der Waals surface area contributed by atoms with Crippen molar-refractivity contribution in [2.75, 3.05) is 24.0 Å². The summed E-state index contributed by atoms with van der Waals surface area (Å²) < 4.78 is 0. The molecule has 0 spiro atoms. The van der Waals surface area contributed by atoms with Gasteiger partial charge in [0, 0.05) is 42.2 Å². The van der Waals surface area contributed by atoms with Gasteiger partial charge in [0.05, 0.1) is 4.92 Å². The van der Waals surface area contributed by atoms with Gasteiger partial charge in [-0.1, -0.05) is 0 Å². The van der Waals surface area contributed by atoms with Gasteiger partial charge < -0.3 is 4.90 Å². The van der Waals surface area contributed by atoms with Gasteiger partial charge in [-0.15, -0.1) is 0 Å². The van der Waals surface area contributed by atoms with Crippen LogP contribution in [0.5, 0.6) is 0 Å². The number of anilines is 1. The molecule has 0 aliphatic heterocycles. The number of hydrogen-bond acceptors (Lipinski definition) is 5. The van der Waals surface area contributed by atoms with E-state index in [0.29, 0.717) is 11.8 Å². The highest BCUT2D eigenvalue weighted by atomic mass is 32.2. The third-order valence-corrected chi connectivity index (χ3v) is 3.61. The van der Waals surface area contributed by atoms with Crippen LogP contribution in [0.3, 0.4) is 0 Å². The lowest BCUT2D eigenvalue weighted by Crippen LogP contribution is -2.31. The smallest absolute Gasteiger partial charge is 0.270 e. The summed E-state index contributed by atoms with van der Waals surface area (Å²) in [7, 11) is 1.88. The van der Waals surface area contributed by atoms with Gasteiger partial charge in [-0.05, 0) is 19.2 Å². The van der Waals surface area contributed by atoms with Gasteiger partial charge >= 0.3 is 0 Å². The molecule has 0 heterocycles. The number of nitrogens with zero attached hydrogens (tertiary/aromatic N) is 2. The van der Waals surface area contributed by atoms with Crippen LogP contribution in [-0.2, 0) is 0 Å². The number of hydrogen-bond donors (Lipinski definition) is 0. The lowest BCUT2D eigenvalue weighted by atomic mass is 10.1. The maximum atomic E-state index is 11.0. The fourth-order valence-corrected chi connectivity index (χ4v) is 2.37. The van der Waals surface area contributed by atoms with E-state index in [-0.39, 0.29) is 11.7 Å². The number of nitro benzene ring substituents is 1. The Hall–Kier alpha value is -1.56. The predicted molar refractivity (Wildman–Crippen MR) is 74.7 cm³/mol. The molecule has 0 bridgehead atoms. The van der Waals surface area contributed by atoms with Crippen LogP contribution in [0, 0.1) is 10.1 Å². The minimum absolute atomic E-state index is 0.0632. The maximum absolute atomic E-state index is 11.0. The number of nitro groups is 1. The van der Waals surface area contributed by atoms with Gasteiger partial charge in [-0.25, -0.2) is 0 Å². The summed E-state index contributed by atoms with van der Waals surface area (Å²) in [4.78, 5) is 23.2. The quantitative estimate of drug-likeness (QED) is 0.451. The van der Waals surface area contributed by atoms with Crippen LogP contribution in [0.1, 0.15) is 17.3 Å². The number of carbonyl (C=O) groups excluding carboxylic acids is 1. The molecule has 0 aliphatic carbocycles. The largest absolute Gasteiger partial charge is 0.370 e. The highest BCUT2D eigenvalue weighted by Gasteiger charge is 2.16. The van der Waals surface area contributed by atoms with Crippen LogP contribution in [0.25, 0.3) is 0 Å². The summed E-state index contributed by atoms with van der Waals surface area (Å²) in [6.45, 7) is 2.05.